The normalized spacial score (nSPS) is 10.1. The summed E-state index contributed by atoms with van der Waals surface area (Å²) < 4.78 is 5.44. The second-order valence-corrected chi connectivity index (χ2v) is 4.57. The zero-order valence-corrected chi connectivity index (χ0v) is 11.4. The first kappa shape index (κ1) is 14.8. The average Bonchev–Trinajstić information content (AvgIpc) is 2.42. The zero-order chi connectivity index (χ0) is 15.4. The van der Waals surface area contributed by atoms with E-state index in [2.05, 4.69) is 0 Å². The van der Waals surface area contributed by atoms with Gasteiger partial charge in [-0.2, -0.15) is 0 Å². The van der Waals surface area contributed by atoms with Crippen LogP contribution < -0.4 is 4.74 Å². The summed E-state index contributed by atoms with van der Waals surface area (Å²) >= 11 is 5.92. The third-order valence-corrected chi connectivity index (χ3v) is 2.94. The van der Waals surface area contributed by atoms with Gasteiger partial charge in [0.05, 0.1) is 16.4 Å². The zero-order valence-electron chi connectivity index (χ0n) is 10.7. The van der Waals surface area contributed by atoms with E-state index in [0.717, 1.165) is 0 Å². The SMILES string of the molecule is O=C(O)Cc1ccc(Oc2c(Cl)cccc2[N+](=O)[O-])cc1. The van der Waals surface area contributed by atoms with E-state index in [1.165, 1.54) is 30.3 Å². The molecule has 0 unspecified atom stereocenters. The van der Waals surface area contributed by atoms with Crippen molar-refractivity contribution in [2.75, 3.05) is 0 Å². The van der Waals surface area contributed by atoms with E-state index in [1.807, 2.05) is 0 Å². The molecule has 0 saturated heterocycles. The molecule has 0 spiro atoms. The van der Waals surface area contributed by atoms with Gasteiger partial charge in [0.2, 0.25) is 5.75 Å². The number of nitro benzene ring substituents is 1. The summed E-state index contributed by atoms with van der Waals surface area (Å²) in [5.41, 5.74) is 0.362. The van der Waals surface area contributed by atoms with E-state index >= 15 is 0 Å². The number of carboxylic acids is 1. The van der Waals surface area contributed by atoms with Crippen molar-refractivity contribution in [1.82, 2.24) is 0 Å². The minimum atomic E-state index is -0.939. The third-order valence-electron chi connectivity index (χ3n) is 2.64. The van der Waals surface area contributed by atoms with Gasteiger partial charge < -0.3 is 9.84 Å². The summed E-state index contributed by atoms with van der Waals surface area (Å²) in [4.78, 5) is 20.9. The molecule has 0 aromatic heterocycles. The van der Waals surface area contributed by atoms with Crippen molar-refractivity contribution in [3.05, 3.63) is 63.2 Å². The Morgan fingerprint density at radius 3 is 2.48 bits per heavy atom. The number of carbonyl (C=O) groups is 1. The number of rotatable bonds is 5. The van der Waals surface area contributed by atoms with Crippen LogP contribution in [0.5, 0.6) is 11.5 Å². The van der Waals surface area contributed by atoms with Gasteiger partial charge in [0.25, 0.3) is 0 Å². The number of hydrogen-bond acceptors (Lipinski definition) is 4. The predicted octanol–water partition coefficient (Wildman–Crippen LogP) is 3.67. The van der Waals surface area contributed by atoms with Crippen molar-refractivity contribution < 1.29 is 19.6 Å². The summed E-state index contributed by atoms with van der Waals surface area (Å²) in [7, 11) is 0. The maximum Gasteiger partial charge on any atom is 0.313 e. The molecule has 2 aromatic rings. The van der Waals surface area contributed by atoms with Gasteiger partial charge in [0.15, 0.2) is 0 Å². The van der Waals surface area contributed by atoms with Crippen LogP contribution in [-0.2, 0) is 11.2 Å². The molecule has 0 aliphatic carbocycles. The van der Waals surface area contributed by atoms with E-state index in [9.17, 15) is 14.9 Å². The highest BCUT2D eigenvalue weighted by Crippen LogP contribution is 2.37. The number of benzene rings is 2. The topological polar surface area (TPSA) is 89.7 Å². The first-order chi connectivity index (χ1) is 9.97. The van der Waals surface area contributed by atoms with Gasteiger partial charge in [-0.15, -0.1) is 0 Å². The smallest absolute Gasteiger partial charge is 0.313 e. The molecule has 0 amide bonds. The molecule has 0 aliphatic rings. The van der Waals surface area contributed by atoms with Crippen molar-refractivity contribution in [1.29, 1.82) is 0 Å². The standard InChI is InChI=1S/C14H10ClNO5/c15-11-2-1-3-12(16(19)20)14(11)21-10-6-4-9(5-7-10)8-13(17)18/h1-7H,8H2,(H,17,18). The van der Waals surface area contributed by atoms with Crippen LogP contribution in [0.25, 0.3) is 0 Å². The van der Waals surface area contributed by atoms with E-state index < -0.39 is 10.9 Å². The molecule has 6 nitrogen and oxygen atoms in total. The Morgan fingerprint density at radius 2 is 1.90 bits per heavy atom. The summed E-state index contributed by atoms with van der Waals surface area (Å²) in [6.45, 7) is 0. The number of carboxylic acid groups (broad SMARTS) is 1. The molecule has 0 aliphatic heterocycles. The van der Waals surface area contributed by atoms with Crippen molar-refractivity contribution >= 4 is 23.3 Å². The fourth-order valence-corrected chi connectivity index (χ4v) is 1.92. The Bertz CT molecular complexity index is 684. The molecule has 108 valence electrons. The van der Waals surface area contributed by atoms with Gasteiger partial charge in [-0.1, -0.05) is 29.8 Å². The molecule has 7 heteroatoms. The van der Waals surface area contributed by atoms with Crippen LogP contribution in [0.1, 0.15) is 5.56 Å². The second-order valence-electron chi connectivity index (χ2n) is 4.16. The van der Waals surface area contributed by atoms with Crippen LogP contribution in [-0.4, -0.2) is 16.0 Å². The van der Waals surface area contributed by atoms with Crippen molar-refractivity contribution in [3.63, 3.8) is 0 Å². The second kappa shape index (κ2) is 6.23. The van der Waals surface area contributed by atoms with Gasteiger partial charge in [-0.3, -0.25) is 14.9 Å². The Morgan fingerprint density at radius 1 is 1.24 bits per heavy atom. The Labute approximate surface area is 124 Å². The number of para-hydroxylation sites is 1. The van der Waals surface area contributed by atoms with Crippen LogP contribution in [0.4, 0.5) is 5.69 Å². The van der Waals surface area contributed by atoms with Gasteiger partial charge in [0, 0.05) is 6.07 Å². The summed E-state index contributed by atoms with van der Waals surface area (Å²) in [6.07, 6.45) is -0.105. The van der Waals surface area contributed by atoms with E-state index in [0.29, 0.717) is 11.3 Å². The Balaban J connectivity index is 2.26. The highest BCUT2D eigenvalue weighted by atomic mass is 35.5. The first-order valence-corrected chi connectivity index (χ1v) is 6.26. The van der Waals surface area contributed by atoms with E-state index in [1.54, 1.807) is 12.1 Å². The molecular weight excluding hydrogens is 298 g/mol. The number of nitrogens with zero attached hydrogens (tertiary/aromatic N) is 1. The molecule has 0 saturated carbocycles. The lowest BCUT2D eigenvalue weighted by Crippen LogP contribution is -1.99. The fourth-order valence-electron chi connectivity index (χ4n) is 1.71. The molecule has 0 fully saturated rings. The number of halogens is 1. The van der Waals surface area contributed by atoms with Crippen LogP contribution >= 0.6 is 11.6 Å². The minimum Gasteiger partial charge on any atom is -0.481 e. The number of aliphatic carboxylic acids is 1. The third kappa shape index (κ3) is 3.70. The molecule has 21 heavy (non-hydrogen) atoms. The summed E-state index contributed by atoms with van der Waals surface area (Å²) in [5.74, 6) is -0.652. The van der Waals surface area contributed by atoms with Crippen molar-refractivity contribution in [2.24, 2.45) is 0 Å². The lowest BCUT2D eigenvalue weighted by molar-refractivity contribution is -0.385. The Kier molecular flexibility index (Phi) is 4.39. The predicted molar refractivity (Wildman–Crippen MR) is 76.0 cm³/mol. The quantitative estimate of drug-likeness (QED) is 0.672. The summed E-state index contributed by atoms with van der Waals surface area (Å²) in [5, 5.41) is 19.7. The average molecular weight is 308 g/mol. The number of hydrogen-bond donors (Lipinski definition) is 1. The lowest BCUT2D eigenvalue weighted by atomic mass is 10.1. The van der Waals surface area contributed by atoms with Gasteiger partial charge in [0.1, 0.15) is 5.75 Å². The van der Waals surface area contributed by atoms with Crippen molar-refractivity contribution in [2.45, 2.75) is 6.42 Å². The molecule has 2 rings (SSSR count). The molecule has 0 radical (unpaired) electrons. The minimum absolute atomic E-state index is 0.0462. The molecule has 0 atom stereocenters. The van der Waals surface area contributed by atoms with Crippen LogP contribution in [0.2, 0.25) is 5.02 Å². The molecule has 1 N–H and O–H groups in total. The monoisotopic (exact) mass is 307 g/mol. The van der Waals surface area contributed by atoms with Crippen LogP contribution in [0.15, 0.2) is 42.5 Å². The van der Waals surface area contributed by atoms with E-state index in [-0.39, 0.29) is 22.9 Å². The highest BCUT2D eigenvalue weighted by Gasteiger charge is 2.18. The van der Waals surface area contributed by atoms with Gasteiger partial charge in [-0.25, -0.2) is 0 Å². The summed E-state index contributed by atoms with van der Waals surface area (Å²) in [6, 6.07) is 10.5. The largest absolute Gasteiger partial charge is 0.481 e. The molecule has 2 aromatic carbocycles. The van der Waals surface area contributed by atoms with Gasteiger partial charge in [-0.05, 0) is 23.8 Å². The highest BCUT2D eigenvalue weighted by molar-refractivity contribution is 6.32. The van der Waals surface area contributed by atoms with Crippen LogP contribution in [0.3, 0.4) is 0 Å². The molecule has 0 heterocycles. The maximum absolute atomic E-state index is 10.9. The lowest BCUT2D eigenvalue weighted by Gasteiger charge is -2.08. The number of ether oxygens (including phenoxy) is 1. The fraction of sp³-hybridized carbons (Fsp3) is 0.0714. The molecule has 0 bridgehead atoms. The van der Waals surface area contributed by atoms with Crippen LogP contribution in [0, 0.1) is 10.1 Å². The number of nitro groups is 1. The Hall–Kier alpha value is -2.60. The maximum atomic E-state index is 10.9. The van der Waals surface area contributed by atoms with E-state index in [4.69, 9.17) is 21.4 Å². The van der Waals surface area contributed by atoms with Gasteiger partial charge >= 0.3 is 11.7 Å². The molecular formula is C14H10ClNO5. The van der Waals surface area contributed by atoms with Crippen molar-refractivity contribution in [3.8, 4) is 11.5 Å². The first-order valence-electron chi connectivity index (χ1n) is 5.89.